The van der Waals surface area contributed by atoms with E-state index in [1.165, 1.54) is 31.0 Å². The minimum Gasteiger partial charge on any atom is -0.494 e. The summed E-state index contributed by atoms with van der Waals surface area (Å²) in [6.45, 7) is 1.09. The summed E-state index contributed by atoms with van der Waals surface area (Å²) in [4.78, 5) is 13.8. The van der Waals surface area contributed by atoms with Crippen LogP contribution in [0.3, 0.4) is 0 Å². The Hall–Kier alpha value is -3.84. The van der Waals surface area contributed by atoms with Crippen molar-refractivity contribution in [2.45, 2.75) is 22.6 Å². The number of methoxy groups -OCH3 is 1. The zero-order chi connectivity index (χ0) is 26.0. The summed E-state index contributed by atoms with van der Waals surface area (Å²) in [7, 11) is 1.37. The number of esters is 1. The first kappa shape index (κ1) is 26.2. The van der Waals surface area contributed by atoms with E-state index in [0.29, 0.717) is 35.7 Å². The number of halogens is 2. The molecule has 0 heterocycles. The summed E-state index contributed by atoms with van der Waals surface area (Å²) in [6, 6.07) is 25.7. The lowest BCUT2D eigenvalue weighted by Crippen LogP contribution is -2.03. The van der Waals surface area contributed by atoms with Crippen LogP contribution in [0.5, 0.6) is 11.5 Å². The Morgan fingerprint density at radius 2 is 1.41 bits per heavy atom. The molecule has 190 valence electrons. The van der Waals surface area contributed by atoms with Crippen LogP contribution in [0.25, 0.3) is 11.1 Å². The van der Waals surface area contributed by atoms with Crippen LogP contribution < -0.4 is 9.47 Å². The smallest absolute Gasteiger partial charge is 0.339 e. The van der Waals surface area contributed by atoms with Crippen molar-refractivity contribution >= 4 is 17.7 Å². The summed E-state index contributed by atoms with van der Waals surface area (Å²) < 4.78 is 43.5. The molecular weight excluding hydrogens is 494 g/mol. The molecule has 4 rings (SSSR count). The van der Waals surface area contributed by atoms with Gasteiger partial charge < -0.3 is 14.2 Å². The van der Waals surface area contributed by atoms with E-state index in [-0.39, 0.29) is 5.97 Å². The molecule has 4 nitrogen and oxygen atoms in total. The average molecular weight is 521 g/mol. The molecule has 7 heteroatoms. The van der Waals surface area contributed by atoms with Gasteiger partial charge >= 0.3 is 5.97 Å². The van der Waals surface area contributed by atoms with Gasteiger partial charge in [-0.25, -0.2) is 13.6 Å². The van der Waals surface area contributed by atoms with E-state index in [0.717, 1.165) is 34.4 Å². The Labute approximate surface area is 219 Å². The second kappa shape index (κ2) is 12.9. The molecule has 0 fully saturated rings. The molecule has 0 aliphatic rings. The van der Waals surface area contributed by atoms with Crippen LogP contribution in [0.2, 0.25) is 0 Å². The number of hydrogen-bond donors (Lipinski definition) is 0. The van der Waals surface area contributed by atoms with Gasteiger partial charge in [-0.05, 0) is 79.1 Å². The van der Waals surface area contributed by atoms with E-state index in [9.17, 15) is 13.6 Å². The van der Waals surface area contributed by atoms with Crippen LogP contribution in [0.4, 0.5) is 8.78 Å². The summed E-state index contributed by atoms with van der Waals surface area (Å²) in [5.41, 5.74) is 1.55. The highest BCUT2D eigenvalue weighted by molar-refractivity contribution is 7.99. The number of unbranched alkanes of at least 4 members (excludes halogenated alkanes) is 1. The number of hydrogen-bond acceptors (Lipinski definition) is 5. The van der Waals surface area contributed by atoms with Gasteiger partial charge in [-0.3, -0.25) is 0 Å². The van der Waals surface area contributed by atoms with Gasteiger partial charge in [0.2, 0.25) is 0 Å². The van der Waals surface area contributed by atoms with Crippen LogP contribution >= 0.6 is 11.8 Å². The molecule has 0 unspecified atom stereocenters. The molecule has 0 saturated heterocycles. The highest BCUT2D eigenvalue weighted by atomic mass is 32.2. The first-order chi connectivity index (χ1) is 18.0. The third-order valence-electron chi connectivity index (χ3n) is 5.52. The van der Waals surface area contributed by atoms with E-state index in [4.69, 9.17) is 14.2 Å². The average Bonchev–Trinajstić information content (AvgIpc) is 2.92. The van der Waals surface area contributed by atoms with E-state index >= 15 is 0 Å². The molecule has 0 bridgehead atoms. The van der Waals surface area contributed by atoms with Gasteiger partial charge in [0.15, 0.2) is 0 Å². The molecule has 0 aromatic heterocycles. The van der Waals surface area contributed by atoms with Gasteiger partial charge in [0.25, 0.3) is 0 Å². The fraction of sp³-hybridized carbons (Fsp3) is 0.167. The Kier molecular flexibility index (Phi) is 9.16. The molecule has 4 aromatic carbocycles. The number of carbonyl (C=O) groups excluding carboxylic acids is 1. The van der Waals surface area contributed by atoms with Gasteiger partial charge in [0.05, 0.1) is 25.9 Å². The largest absolute Gasteiger partial charge is 0.494 e. The Morgan fingerprint density at radius 1 is 0.784 bits per heavy atom. The number of carbonyl (C=O) groups is 1. The molecule has 0 aliphatic carbocycles. The van der Waals surface area contributed by atoms with E-state index in [2.05, 4.69) is 0 Å². The summed E-state index contributed by atoms with van der Waals surface area (Å²) in [5, 5.41) is 0. The maximum absolute atomic E-state index is 13.9. The maximum atomic E-state index is 13.9. The van der Waals surface area contributed by atoms with Crippen LogP contribution in [0.1, 0.15) is 23.2 Å². The van der Waals surface area contributed by atoms with Crippen molar-refractivity contribution in [3.05, 3.63) is 108 Å². The molecule has 0 radical (unpaired) electrons. The monoisotopic (exact) mass is 520 g/mol. The van der Waals surface area contributed by atoms with Crippen molar-refractivity contribution in [3.63, 3.8) is 0 Å². The maximum Gasteiger partial charge on any atom is 0.339 e. The van der Waals surface area contributed by atoms with Crippen molar-refractivity contribution in [1.82, 2.24) is 0 Å². The van der Waals surface area contributed by atoms with E-state index < -0.39 is 11.6 Å². The SMILES string of the molecule is COC(=O)c1ccccc1Sc1ccc(OCCCCOc2ccc(-c3ccc(F)cc3F)cc2)cc1. The van der Waals surface area contributed by atoms with Crippen molar-refractivity contribution < 1.29 is 27.8 Å². The standard InChI is InChI=1S/C30H26F2O4S/c1-34-30(33)27-6-2-3-7-29(27)37-25-15-13-24(14-16-25)36-19-5-4-18-35-23-11-8-21(9-12-23)26-17-10-22(31)20-28(26)32/h2-3,6-17,20H,4-5,18-19H2,1H3. The summed E-state index contributed by atoms with van der Waals surface area (Å²) in [5.74, 6) is -0.0839. The zero-order valence-corrected chi connectivity index (χ0v) is 21.1. The van der Waals surface area contributed by atoms with Gasteiger partial charge in [0, 0.05) is 21.4 Å². The van der Waals surface area contributed by atoms with Crippen molar-refractivity contribution in [3.8, 4) is 22.6 Å². The van der Waals surface area contributed by atoms with E-state index in [1.807, 2.05) is 42.5 Å². The minimum atomic E-state index is -0.597. The topological polar surface area (TPSA) is 44.8 Å². The molecule has 4 aromatic rings. The van der Waals surface area contributed by atoms with Gasteiger partial charge in [-0.2, -0.15) is 0 Å². The van der Waals surface area contributed by atoms with Gasteiger partial charge in [-0.1, -0.05) is 36.0 Å². The molecule has 0 amide bonds. The number of benzene rings is 4. The number of ether oxygens (including phenoxy) is 3. The fourth-order valence-corrected chi connectivity index (χ4v) is 4.54. The van der Waals surface area contributed by atoms with Gasteiger partial charge in [-0.15, -0.1) is 0 Å². The zero-order valence-electron chi connectivity index (χ0n) is 20.3. The summed E-state index contributed by atoms with van der Waals surface area (Å²) >= 11 is 1.49. The molecule has 0 N–H and O–H groups in total. The minimum absolute atomic E-state index is 0.350. The van der Waals surface area contributed by atoms with Crippen LogP contribution in [0, 0.1) is 11.6 Å². The third kappa shape index (κ3) is 7.33. The Bertz CT molecular complexity index is 1320. The van der Waals surface area contributed by atoms with E-state index in [1.54, 1.807) is 30.3 Å². The predicted molar refractivity (Wildman–Crippen MR) is 140 cm³/mol. The normalized spacial score (nSPS) is 10.7. The first-order valence-electron chi connectivity index (χ1n) is 11.8. The van der Waals surface area contributed by atoms with Crippen molar-refractivity contribution in [2.24, 2.45) is 0 Å². The quantitative estimate of drug-likeness (QED) is 0.149. The molecule has 0 spiro atoms. The van der Waals surface area contributed by atoms with Crippen LogP contribution in [0.15, 0.2) is 101 Å². The lowest BCUT2D eigenvalue weighted by Gasteiger charge is -2.10. The first-order valence-corrected chi connectivity index (χ1v) is 12.6. The molecule has 0 atom stereocenters. The van der Waals surface area contributed by atoms with Crippen molar-refractivity contribution in [2.75, 3.05) is 20.3 Å². The molecule has 0 aliphatic heterocycles. The second-order valence-electron chi connectivity index (χ2n) is 8.11. The lowest BCUT2D eigenvalue weighted by atomic mass is 10.1. The fourth-order valence-electron chi connectivity index (χ4n) is 3.60. The van der Waals surface area contributed by atoms with Crippen LogP contribution in [-0.2, 0) is 4.74 Å². The Balaban J connectivity index is 1.17. The molecule has 37 heavy (non-hydrogen) atoms. The Morgan fingerprint density at radius 3 is 2.03 bits per heavy atom. The highest BCUT2D eigenvalue weighted by Crippen LogP contribution is 2.32. The van der Waals surface area contributed by atoms with Crippen molar-refractivity contribution in [1.29, 1.82) is 0 Å². The lowest BCUT2D eigenvalue weighted by molar-refractivity contribution is 0.0597. The second-order valence-corrected chi connectivity index (χ2v) is 9.23. The predicted octanol–water partition coefficient (Wildman–Crippen LogP) is 7.81. The van der Waals surface area contributed by atoms with Gasteiger partial charge in [0.1, 0.15) is 23.1 Å². The third-order valence-corrected chi connectivity index (χ3v) is 6.60. The molecule has 0 saturated carbocycles. The number of rotatable bonds is 11. The summed E-state index contributed by atoms with van der Waals surface area (Å²) in [6.07, 6.45) is 1.63. The van der Waals surface area contributed by atoms with Crippen LogP contribution in [-0.4, -0.2) is 26.3 Å². The highest BCUT2D eigenvalue weighted by Gasteiger charge is 2.12. The molecular formula is C30H26F2O4S.